The molecule has 3 N–H and O–H groups in total. The molecule has 1 rings (SSSR count). The summed E-state index contributed by atoms with van der Waals surface area (Å²) in [5.74, 6) is -1.35. The van der Waals surface area contributed by atoms with Crippen LogP contribution in [0.2, 0.25) is 0 Å². The lowest BCUT2D eigenvalue weighted by Crippen LogP contribution is -2.16. The molecule has 0 spiro atoms. The van der Waals surface area contributed by atoms with Crippen LogP contribution in [0.1, 0.15) is 17.2 Å². The maximum absolute atomic E-state index is 12.8. The van der Waals surface area contributed by atoms with E-state index in [9.17, 15) is 17.6 Å². The predicted molar refractivity (Wildman–Crippen MR) is 52.7 cm³/mol. The lowest BCUT2D eigenvalue weighted by molar-refractivity contribution is -0.140. The van der Waals surface area contributed by atoms with Crippen LogP contribution in [-0.2, 0) is 6.18 Å². The molecule has 16 heavy (non-hydrogen) atoms. The number of alkyl halides is 3. The van der Waals surface area contributed by atoms with Crippen LogP contribution in [0.4, 0.5) is 17.6 Å². The molecule has 7 heteroatoms. The number of hydrogen-bond acceptors (Lipinski definition) is 2. The van der Waals surface area contributed by atoms with Crippen LogP contribution in [0, 0.1) is 5.82 Å². The van der Waals surface area contributed by atoms with Crippen molar-refractivity contribution in [3.05, 3.63) is 35.1 Å². The zero-order valence-electron chi connectivity index (χ0n) is 7.96. The molecule has 1 aromatic rings. The van der Waals surface area contributed by atoms with Crippen LogP contribution < -0.4 is 5.73 Å². The number of aliphatic hydroxyl groups excluding tert-OH is 1. The van der Waals surface area contributed by atoms with Crippen LogP contribution in [-0.4, -0.2) is 11.7 Å². The van der Waals surface area contributed by atoms with Crippen molar-refractivity contribution in [3.8, 4) is 0 Å². The van der Waals surface area contributed by atoms with Gasteiger partial charge in [0.2, 0.25) is 0 Å². The average molecular weight is 260 g/mol. The number of hydrogen-bond donors (Lipinski definition) is 2. The van der Waals surface area contributed by atoms with E-state index in [2.05, 4.69) is 0 Å². The molecular formula is C9H10ClF4NO. The number of aliphatic hydroxyl groups is 1. The van der Waals surface area contributed by atoms with Gasteiger partial charge in [0.05, 0.1) is 18.2 Å². The summed E-state index contributed by atoms with van der Waals surface area (Å²) in [4.78, 5) is 0. The van der Waals surface area contributed by atoms with Gasteiger partial charge in [0, 0.05) is 0 Å². The van der Waals surface area contributed by atoms with Gasteiger partial charge in [-0.2, -0.15) is 13.2 Å². The summed E-state index contributed by atoms with van der Waals surface area (Å²) in [6, 6.07) is 1.47. The van der Waals surface area contributed by atoms with Crippen molar-refractivity contribution in [2.24, 2.45) is 5.73 Å². The summed E-state index contributed by atoms with van der Waals surface area (Å²) in [6.07, 6.45) is -4.75. The van der Waals surface area contributed by atoms with Crippen molar-refractivity contribution in [2.75, 3.05) is 6.61 Å². The van der Waals surface area contributed by atoms with E-state index >= 15 is 0 Å². The van der Waals surface area contributed by atoms with Crippen molar-refractivity contribution in [1.29, 1.82) is 0 Å². The minimum Gasteiger partial charge on any atom is -0.394 e. The number of nitrogens with two attached hydrogens (primary N) is 1. The maximum Gasteiger partial charge on any atom is 0.419 e. The second-order valence-electron chi connectivity index (χ2n) is 3.03. The lowest BCUT2D eigenvalue weighted by atomic mass is 10.0. The zero-order valence-corrected chi connectivity index (χ0v) is 8.78. The van der Waals surface area contributed by atoms with Crippen molar-refractivity contribution < 1.29 is 22.7 Å². The molecule has 0 fully saturated rings. The number of rotatable bonds is 2. The predicted octanol–water partition coefficient (Wildman–Crippen LogP) is 2.26. The van der Waals surface area contributed by atoms with Crippen LogP contribution in [0.3, 0.4) is 0 Å². The number of halogens is 5. The van der Waals surface area contributed by atoms with Crippen LogP contribution >= 0.6 is 12.4 Å². The Morgan fingerprint density at radius 3 is 2.31 bits per heavy atom. The quantitative estimate of drug-likeness (QED) is 0.801. The van der Waals surface area contributed by atoms with Crippen LogP contribution in [0.15, 0.2) is 18.2 Å². The molecule has 0 heterocycles. The molecule has 0 bridgehead atoms. The Labute approximate surface area is 95.5 Å². The minimum absolute atomic E-state index is 0. The number of benzene rings is 1. The summed E-state index contributed by atoms with van der Waals surface area (Å²) >= 11 is 0. The van der Waals surface area contributed by atoms with Crippen LogP contribution in [0.5, 0.6) is 0 Å². The van der Waals surface area contributed by atoms with E-state index in [1.54, 1.807) is 0 Å². The topological polar surface area (TPSA) is 46.2 Å². The third-order valence-electron chi connectivity index (χ3n) is 1.92. The van der Waals surface area contributed by atoms with Gasteiger partial charge in [-0.05, 0) is 17.7 Å². The van der Waals surface area contributed by atoms with Gasteiger partial charge in [0.1, 0.15) is 5.82 Å². The normalized spacial score (nSPS) is 13.1. The molecule has 1 aromatic carbocycles. The Morgan fingerprint density at radius 1 is 1.31 bits per heavy atom. The first-order valence-electron chi connectivity index (χ1n) is 4.09. The van der Waals surface area contributed by atoms with Crippen LogP contribution in [0.25, 0.3) is 0 Å². The third-order valence-corrected chi connectivity index (χ3v) is 1.92. The molecule has 1 atom stereocenters. The third kappa shape index (κ3) is 3.33. The average Bonchev–Trinajstić information content (AvgIpc) is 2.15. The van der Waals surface area contributed by atoms with Crippen molar-refractivity contribution in [2.45, 2.75) is 12.2 Å². The summed E-state index contributed by atoms with van der Waals surface area (Å²) in [5, 5.41) is 8.65. The fraction of sp³-hybridized carbons (Fsp3) is 0.333. The summed E-state index contributed by atoms with van der Waals surface area (Å²) in [6.45, 7) is -0.497. The van der Waals surface area contributed by atoms with Gasteiger partial charge in [-0.25, -0.2) is 4.39 Å². The molecule has 0 aliphatic carbocycles. The first-order chi connectivity index (χ1) is 6.86. The van der Waals surface area contributed by atoms with E-state index in [0.717, 1.165) is 6.07 Å². The molecule has 0 amide bonds. The minimum atomic E-state index is -4.75. The molecule has 0 aromatic heterocycles. The Bertz CT molecular complexity index is 356. The standard InChI is InChI=1S/C9H9F4NO.ClH/c10-7-2-1-5(8(14)4-15)3-6(7)9(11,12)13;/h1-3,8,15H,4,14H2;1H/t8-;/m0./s1. The summed E-state index contributed by atoms with van der Waals surface area (Å²) in [5.41, 5.74) is 3.99. The Balaban J connectivity index is 0.00000225. The van der Waals surface area contributed by atoms with Crippen molar-refractivity contribution >= 4 is 12.4 Å². The van der Waals surface area contributed by atoms with Gasteiger partial charge >= 0.3 is 6.18 Å². The smallest absolute Gasteiger partial charge is 0.394 e. The highest BCUT2D eigenvalue weighted by molar-refractivity contribution is 5.85. The van der Waals surface area contributed by atoms with Gasteiger partial charge in [-0.3, -0.25) is 0 Å². The van der Waals surface area contributed by atoms with Gasteiger partial charge < -0.3 is 10.8 Å². The molecule has 0 radical (unpaired) electrons. The molecule has 2 nitrogen and oxygen atoms in total. The van der Waals surface area contributed by atoms with E-state index < -0.39 is 30.2 Å². The van der Waals surface area contributed by atoms with Crippen molar-refractivity contribution in [3.63, 3.8) is 0 Å². The highest BCUT2D eigenvalue weighted by atomic mass is 35.5. The molecule has 0 aliphatic heterocycles. The molecule has 0 unspecified atom stereocenters. The lowest BCUT2D eigenvalue weighted by Gasteiger charge is -2.13. The first-order valence-corrected chi connectivity index (χ1v) is 4.09. The van der Waals surface area contributed by atoms with E-state index in [-0.39, 0.29) is 18.0 Å². The molecule has 0 saturated heterocycles. The fourth-order valence-corrected chi connectivity index (χ4v) is 1.10. The van der Waals surface area contributed by atoms with Crippen molar-refractivity contribution in [1.82, 2.24) is 0 Å². The van der Waals surface area contributed by atoms with E-state index in [4.69, 9.17) is 10.8 Å². The largest absolute Gasteiger partial charge is 0.419 e. The van der Waals surface area contributed by atoms with Gasteiger partial charge in [-0.15, -0.1) is 12.4 Å². The molecule has 0 saturated carbocycles. The monoisotopic (exact) mass is 259 g/mol. The summed E-state index contributed by atoms with van der Waals surface area (Å²) < 4.78 is 49.6. The van der Waals surface area contributed by atoms with Gasteiger partial charge in [0.15, 0.2) is 0 Å². The highest BCUT2D eigenvalue weighted by Gasteiger charge is 2.34. The van der Waals surface area contributed by atoms with E-state index in [1.807, 2.05) is 0 Å². The fourth-order valence-electron chi connectivity index (χ4n) is 1.10. The maximum atomic E-state index is 12.8. The SMILES string of the molecule is Cl.N[C@@H](CO)c1ccc(F)c(C(F)(F)F)c1. The van der Waals surface area contributed by atoms with Gasteiger partial charge in [-0.1, -0.05) is 6.07 Å². The van der Waals surface area contributed by atoms with Gasteiger partial charge in [0.25, 0.3) is 0 Å². The Morgan fingerprint density at radius 2 is 1.88 bits per heavy atom. The second-order valence-corrected chi connectivity index (χ2v) is 3.03. The zero-order chi connectivity index (χ0) is 11.6. The van der Waals surface area contributed by atoms with E-state index in [0.29, 0.717) is 12.1 Å². The van der Waals surface area contributed by atoms with E-state index in [1.165, 1.54) is 0 Å². The molecule has 92 valence electrons. The Kier molecular flexibility index (Phi) is 5.18. The molecular weight excluding hydrogens is 250 g/mol. The highest BCUT2D eigenvalue weighted by Crippen LogP contribution is 2.32. The Hall–Kier alpha value is -0.850. The summed E-state index contributed by atoms with van der Waals surface area (Å²) in [7, 11) is 0. The second kappa shape index (κ2) is 5.47. The molecule has 0 aliphatic rings. The first kappa shape index (κ1) is 15.2.